The van der Waals surface area contributed by atoms with Gasteiger partial charge in [-0.25, -0.2) is 4.79 Å². The summed E-state index contributed by atoms with van der Waals surface area (Å²) < 4.78 is 5.16. The second kappa shape index (κ2) is 6.45. The van der Waals surface area contributed by atoms with Crippen LogP contribution in [0.5, 0.6) is 0 Å². The van der Waals surface area contributed by atoms with Crippen molar-refractivity contribution in [2.24, 2.45) is 0 Å². The summed E-state index contributed by atoms with van der Waals surface area (Å²) in [7, 11) is 0. The summed E-state index contributed by atoms with van der Waals surface area (Å²) in [5.41, 5.74) is -0.434. The van der Waals surface area contributed by atoms with Gasteiger partial charge in [0.25, 0.3) is 0 Å². The summed E-state index contributed by atoms with van der Waals surface area (Å²) in [6.45, 7) is 8.11. The third-order valence-corrected chi connectivity index (χ3v) is 3.10. The van der Waals surface area contributed by atoms with Crippen molar-refractivity contribution in [3.63, 3.8) is 0 Å². The number of halogens is 1. The summed E-state index contributed by atoms with van der Waals surface area (Å²) in [4.78, 5) is 13.7. The Bertz CT molecular complexity index is 253. The minimum absolute atomic E-state index is 0.348. The van der Waals surface area contributed by atoms with E-state index in [0.717, 1.165) is 19.5 Å². The SMILES string of the molecule is CC(C)(C)OC(=O)NCCN1CCCC1CCl. The first-order valence-electron chi connectivity index (χ1n) is 6.19. The van der Waals surface area contributed by atoms with Crippen LogP contribution in [-0.2, 0) is 4.74 Å². The number of hydrogen-bond donors (Lipinski definition) is 1. The smallest absolute Gasteiger partial charge is 0.407 e. The normalized spacial score (nSPS) is 21.5. The number of hydrogen-bond acceptors (Lipinski definition) is 3. The van der Waals surface area contributed by atoms with Crippen LogP contribution in [0.3, 0.4) is 0 Å². The highest BCUT2D eigenvalue weighted by atomic mass is 35.5. The molecule has 0 aliphatic carbocycles. The van der Waals surface area contributed by atoms with Gasteiger partial charge in [0.2, 0.25) is 0 Å². The van der Waals surface area contributed by atoms with Crippen LogP contribution in [-0.4, -0.2) is 48.2 Å². The summed E-state index contributed by atoms with van der Waals surface area (Å²) in [5.74, 6) is 0.673. The first kappa shape index (κ1) is 14.6. The van der Waals surface area contributed by atoms with Crippen LogP contribution in [0, 0.1) is 0 Å². The first-order valence-corrected chi connectivity index (χ1v) is 6.72. The molecule has 0 saturated carbocycles. The Labute approximate surface area is 109 Å². The number of rotatable bonds is 4. The van der Waals surface area contributed by atoms with Crippen LogP contribution < -0.4 is 5.32 Å². The molecule has 17 heavy (non-hydrogen) atoms. The fourth-order valence-electron chi connectivity index (χ4n) is 1.98. The predicted molar refractivity (Wildman–Crippen MR) is 69.6 cm³/mol. The number of alkyl halides is 1. The largest absolute Gasteiger partial charge is 0.444 e. The first-order chi connectivity index (χ1) is 7.92. The zero-order valence-electron chi connectivity index (χ0n) is 11.0. The van der Waals surface area contributed by atoms with Gasteiger partial charge in [0.1, 0.15) is 5.60 Å². The number of nitrogens with zero attached hydrogens (tertiary/aromatic N) is 1. The molecule has 1 rings (SSSR count). The van der Waals surface area contributed by atoms with Gasteiger partial charge in [-0.3, -0.25) is 4.90 Å². The molecule has 0 radical (unpaired) electrons. The lowest BCUT2D eigenvalue weighted by Gasteiger charge is -2.23. The van der Waals surface area contributed by atoms with E-state index in [9.17, 15) is 4.79 Å². The van der Waals surface area contributed by atoms with Crippen molar-refractivity contribution in [3.8, 4) is 0 Å². The van der Waals surface area contributed by atoms with Gasteiger partial charge in [-0.15, -0.1) is 11.6 Å². The van der Waals surface area contributed by atoms with Crippen LogP contribution in [0.25, 0.3) is 0 Å². The van der Waals surface area contributed by atoms with E-state index in [1.54, 1.807) is 0 Å². The van der Waals surface area contributed by atoms with Gasteiger partial charge < -0.3 is 10.1 Å². The standard InChI is InChI=1S/C12H23ClN2O2/c1-12(2,3)17-11(16)14-6-8-15-7-4-5-10(15)9-13/h10H,4-9H2,1-3H3,(H,14,16). The van der Waals surface area contributed by atoms with E-state index in [4.69, 9.17) is 16.3 Å². The van der Waals surface area contributed by atoms with Crippen molar-refractivity contribution >= 4 is 17.7 Å². The van der Waals surface area contributed by atoms with Gasteiger partial charge >= 0.3 is 6.09 Å². The zero-order valence-corrected chi connectivity index (χ0v) is 11.7. The van der Waals surface area contributed by atoms with Crippen molar-refractivity contribution in [2.45, 2.75) is 45.3 Å². The Kier molecular flexibility index (Phi) is 5.53. The molecule has 1 fully saturated rings. The summed E-state index contributed by atoms with van der Waals surface area (Å²) in [6.07, 6.45) is 2.01. The van der Waals surface area contributed by atoms with Crippen LogP contribution in [0.2, 0.25) is 0 Å². The van der Waals surface area contributed by atoms with Crippen LogP contribution >= 0.6 is 11.6 Å². The Morgan fingerprint density at radius 3 is 2.82 bits per heavy atom. The molecule has 1 heterocycles. The van der Waals surface area contributed by atoms with Crippen molar-refractivity contribution in [2.75, 3.05) is 25.5 Å². The summed E-state index contributed by atoms with van der Waals surface area (Å²) >= 11 is 5.88. The maximum absolute atomic E-state index is 11.4. The zero-order chi connectivity index (χ0) is 12.9. The van der Waals surface area contributed by atoms with Crippen molar-refractivity contribution < 1.29 is 9.53 Å². The average molecular weight is 263 g/mol. The quantitative estimate of drug-likeness (QED) is 0.790. The maximum atomic E-state index is 11.4. The molecule has 0 bridgehead atoms. The molecule has 1 N–H and O–H groups in total. The van der Waals surface area contributed by atoms with Gasteiger partial charge in [0.15, 0.2) is 0 Å². The molecule has 1 aliphatic rings. The third-order valence-electron chi connectivity index (χ3n) is 2.74. The lowest BCUT2D eigenvalue weighted by atomic mass is 10.2. The minimum Gasteiger partial charge on any atom is -0.444 e. The van der Waals surface area contributed by atoms with Crippen molar-refractivity contribution in [1.82, 2.24) is 10.2 Å². The number of ether oxygens (including phenoxy) is 1. The van der Waals surface area contributed by atoms with E-state index < -0.39 is 5.60 Å². The number of likely N-dealkylation sites (tertiary alicyclic amines) is 1. The van der Waals surface area contributed by atoms with Crippen LogP contribution in [0.15, 0.2) is 0 Å². The van der Waals surface area contributed by atoms with Crippen LogP contribution in [0.4, 0.5) is 4.79 Å². The van der Waals surface area contributed by atoms with E-state index in [0.29, 0.717) is 18.5 Å². The van der Waals surface area contributed by atoms with E-state index in [1.807, 2.05) is 20.8 Å². The third kappa shape index (κ3) is 5.59. The molecule has 100 valence electrons. The molecule has 0 aromatic carbocycles. The molecule has 4 nitrogen and oxygen atoms in total. The molecule has 1 unspecified atom stereocenters. The van der Waals surface area contributed by atoms with Gasteiger partial charge in [-0.2, -0.15) is 0 Å². The van der Waals surface area contributed by atoms with Crippen molar-refractivity contribution in [3.05, 3.63) is 0 Å². The molecule has 1 aliphatic heterocycles. The lowest BCUT2D eigenvalue weighted by Crippen LogP contribution is -2.40. The van der Waals surface area contributed by atoms with E-state index >= 15 is 0 Å². The maximum Gasteiger partial charge on any atom is 0.407 e. The van der Waals surface area contributed by atoms with Gasteiger partial charge in [-0.05, 0) is 40.2 Å². The van der Waals surface area contributed by atoms with Crippen LogP contribution in [0.1, 0.15) is 33.6 Å². The molecule has 1 atom stereocenters. The van der Waals surface area contributed by atoms with E-state index in [2.05, 4.69) is 10.2 Å². The molecule has 0 spiro atoms. The lowest BCUT2D eigenvalue weighted by molar-refractivity contribution is 0.0521. The Morgan fingerprint density at radius 1 is 1.53 bits per heavy atom. The molecule has 0 aromatic heterocycles. The molecular weight excluding hydrogens is 240 g/mol. The number of amides is 1. The second-order valence-electron chi connectivity index (χ2n) is 5.41. The summed E-state index contributed by atoms with van der Waals surface area (Å²) in [5, 5.41) is 2.76. The number of nitrogens with one attached hydrogen (secondary N) is 1. The fourth-order valence-corrected chi connectivity index (χ4v) is 2.33. The topological polar surface area (TPSA) is 41.6 Å². The average Bonchev–Trinajstić information content (AvgIpc) is 2.62. The second-order valence-corrected chi connectivity index (χ2v) is 5.72. The molecular formula is C12H23ClN2O2. The Morgan fingerprint density at radius 2 is 2.24 bits per heavy atom. The predicted octanol–water partition coefficient (Wildman–Crippen LogP) is 2.21. The molecule has 1 saturated heterocycles. The van der Waals surface area contributed by atoms with Gasteiger partial charge in [0.05, 0.1) is 0 Å². The molecule has 5 heteroatoms. The highest BCUT2D eigenvalue weighted by molar-refractivity contribution is 6.18. The number of carbonyl (C=O) groups is 1. The van der Waals surface area contributed by atoms with Crippen molar-refractivity contribution in [1.29, 1.82) is 0 Å². The highest BCUT2D eigenvalue weighted by Crippen LogP contribution is 2.17. The Balaban J connectivity index is 2.17. The van der Waals surface area contributed by atoms with Gasteiger partial charge in [0, 0.05) is 25.0 Å². The number of carbonyl (C=O) groups excluding carboxylic acids is 1. The minimum atomic E-state index is -0.434. The van der Waals surface area contributed by atoms with E-state index in [1.165, 1.54) is 6.42 Å². The number of alkyl carbamates (subject to hydrolysis) is 1. The Hall–Kier alpha value is -0.480. The molecule has 1 amide bonds. The van der Waals surface area contributed by atoms with E-state index in [-0.39, 0.29) is 6.09 Å². The summed E-state index contributed by atoms with van der Waals surface area (Å²) in [6, 6.07) is 0.470. The monoisotopic (exact) mass is 262 g/mol. The fraction of sp³-hybridized carbons (Fsp3) is 0.917. The molecule has 0 aromatic rings. The highest BCUT2D eigenvalue weighted by Gasteiger charge is 2.23. The van der Waals surface area contributed by atoms with Gasteiger partial charge in [-0.1, -0.05) is 0 Å².